The van der Waals surface area contributed by atoms with Crippen molar-refractivity contribution in [1.82, 2.24) is 0 Å². The average Bonchev–Trinajstić information content (AvgIpc) is 0.811. The molecule has 1 nitrogen and oxygen atoms in total. The molecule has 0 aliphatic carbocycles. The summed E-state index contributed by atoms with van der Waals surface area (Å²) in [5.41, 5.74) is 0. The van der Waals surface area contributed by atoms with Crippen LogP contribution in [0.4, 0.5) is 0 Å². The molecule has 0 aromatic heterocycles. The molecule has 0 aliphatic heterocycles. The van der Waals surface area contributed by atoms with Crippen molar-refractivity contribution < 1.29 is 29.4 Å². The zero-order valence-corrected chi connectivity index (χ0v) is 10.1. The predicted molar refractivity (Wildman–Crippen MR) is 24.3 cm³/mol. The minimum absolute atomic E-state index is 0. The molecule has 0 aromatic carbocycles. The van der Waals surface area contributed by atoms with Crippen LogP contribution in [0.15, 0.2) is 0 Å². The summed E-state index contributed by atoms with van der Waals surface area (Å²) < 4.78 is 0. The summed E-state index contributed by atoms with van der Waals surface area (Å²) in [6.45, 7) is 3.06. The summed E-state index contributed by atoms with van der Waals surface area (Å²) in [6, 6.07) is 0. The number of ketones is 1. The molecule has 0 N–H and O–H groups in total. The molecule has 6 heavy (non-hydrogen) atoms. The summed E-state index contributed by atoms with van der Waals surface area (Å²) in [4.78, 5) is 9.44. The summed E-state index contributed by atoms with van der Waals surface area (Å²) >= 11 is 0. The van der Waals surface area contributed by atoms with Crippen LogP contribution in [0.5, 0.6) is 0 Å². The Hall–Kier alpha value is 1.96. The maximum atomic E-state index is 9.44. The van der Waals surface area contributed by atoms with Gasteiger partial charge in [-0.25, -0.2) is 0 Å². The van der Waals surface area contributed by atoms with E-state index in [1.165, 1.54) is 13.8 Å². The molecule has 0 saturated heterocycles. The van der Waals surface area contributed by atoms with Crippen LogP contribution in [0.1, 0.15) is 16.7 Å². The summed E-state index contributed by atoms with van der Waals surface area (Å²) in [7, 11) is 0. The first kappa shape index (κ1) is 15.7. The second-order valence-electron chi connectivity index (χ2n) is 0.908. The van der Waals surface area contributed by atoms with Gasteiger partial charge in [-0.3, -0.25) is 0 Å². The number of rotatable bonds is 0. The molecule has 32 valence electrons. The third-order valence-corrected chi connectivity index (χ3v) is 0. The van der Waals surface area contributed by atoms with Crippen molar-refractivity contribution in [3.63, 3.8) is 0 Å². The fourth-order valence-electron chi connectivity index (χ4n) is 0. The van der Waals surface area contributed by atoms with Crippen LogP contribution < -0.4 is 0 Å². The molecule has 0 bridgehead atoms. The number of hydrogen-bond acceptors (Lipinski definition) is 1. The van der Waals surface area contributed by atoms with Crippen LogP contribution in [0.25, 0.3) is 0 Å². The normalized spacial score (nSPS) is 4.33. The van der Waals surface area contributed by atoms with Gasteiger partial charge in [-0.1, -0.05) is 0 Å². The van der Waals surface area contributed by atoms with Gasteiger partial charge in [0.2, 0.25) is 0 Å². The third kappa shape index (κ3) is 38.2. The van der Waals surface area contributed by atoms with Crippen molar-refractivity contribution in [2.45, 2.75) is 13.8 Å². The monoisotopic (exact) mass is 246 g/mol. The van der Waals surface area contributed by atoms with E-state index in [0.717, 1.165) is 0 Å². The zero-order chi connectivity index (χ0) is 3.58. The molecule has 0 amide bonds. The van der Waals surface area contributed by atoms with Crippen LogP contribution >= 0.6 is 0 Å². The fourth-order valence-corrected chi connectivity index (χ4v) is 0. The standard InChI is InChI=1S/C3H6O.Ba.Ti.2H/c1-3(2)4;;;;/h1-2H3;;;;/q;+2;;2*-1. The Morgan fingerprint density at radius 3 is 1.50 bits per heavy atom. The molecule has 0 atom stereocenters. The second-order valence-corrected chi connectivity index (χ2v) is 0.908. The van der Waals surface area contributed by atoms with Gasteiger partial charge in [0.25, 0.3) is 0 Å². The van der Waals surface area contributed by atoms with Crippen LogP contribution in [0.2, 0.25) is 0 Å². The van der Waals surface area contributed by atoms with E-state index < -0.39 is 0 Å². The summed E-state index contributed by atoms with van der Waals surface area (Å²) in [5, 5.41) is 0. The SMILES string of the molecule is CC(C)=O.[Ba+2].[H-].[H-].[Ti]. The van der Waals surface area contributed by atoms with E-state index in [1.54, 1.807) is 0 Å². The van der Waals surface area contributed by atoms with Gasteiger partial charge in [-0.05, 0) is 13.8 Å². The smallest absolute Gasteiger partial charge is 1.00 e. The topological polar surface area (TPSA) is 17.1 Å². The van der Waals surface area contributed by atoms with E-state index in [0.29, 0.717) is 0 Å². The number of Topliss-reactive ketones (excluding diaryl/α,β-unsaturated/α-hetero) is 1. The molecule has 0 heterocycles. The van der Waals surface area contributed by atoms with Crippen LogP contribution in [-0.4, -0.2) is 54.7 Å². The Bertz CT molecular complexity index is 40.3. The molecule has 0 spiro atoms. The Labute approximate surface area is 96.2 Å². The molecule has 0 rings (SSSR count). The van der Waals surface area contributed by atoms with Gasteiger partial charge in [0.05, 0.1) is 0 Å². The summed E-state index contributed by atoms with van der Waals surface area (Å²) in [6.07, 6.45) is 0. The van der Waals surface area contributed by atoms with Gasteiger partial charge in [0.1, 0.15) is 5.78 Å². The van der Waals surface area contributed by atoms with Gasteiger partial charge < -0.3 is 7.65 Å². The van der Waals surface area contributed by atoms with Gasteiger partial charge in [0, 0.05) is 21.7 Å². The fraction of sp³-hybridized carbons (Fsp3) is 0.667. The van der Waals surface area contributed by atoms with E-state index in [9.17, 15) is 4.79 Å². The largest absolute Gasteiger partial charge is 2.00 e. The van der Waals surface area contributed by atoms with E-state index in [-0.39, 0.29) is 79.2 Å². The van der Waals surface area contributed by atoms with E-state index in [1.807, 2.05) is 0 Å². The number of carbonyl (C=O) groups is 1. The maximum absolute atomic E-state index is 9.44. The summed E-state index contributed by atoms with van der Waals surface area (Å²) in [5.74, 6) is 0.167. The molecule has 0 fully saturated rings. The quantitative estimate of drug-likeness (QED) is 0.566. The van der Waals surface area contributed by atoms with E-state index in [4.69, 9.17) is 0 Å². The molecule has 0 unspecified atom stereocenters. The van der Waals surface area contributed by atoms with Crippen molar-refractivity contribution in [2.24, 2.45) is 0 Å². The van der Waals surface area contributed by atoms with Crippen molar-refractivity contribution in [1.29, 1.82) is 0 Å². The van der Waals surface area contributed by atoms with Crippen LogP contribution in [0.3, 0.4) is 0 Å². The Morgan fingerprint density at radius 2 is 1.50 bits per heavy atom. The second kappa shape index (κ2) is 10.0. The van der Waals surface area contributed by atoms with Crippen molar-refractivity contribution >= 4 is 54.7 Å². The van der Waals surface area contributed by atoms with Gasteiger partial charge in [0.15, 0.2) is 0 Å². The van der Waals surface area contributed by atoms with Crippen molar-refractivity contribution in [3.8, 4) is 0 Å². The van der Waals surface area contributed by atoms with Crippen molar-refractivity contribution in [2.75, 3.05) is 0 Å². The molecule has 0 saturated carbocycles. The van der Waals surface area contributed by atoms with Crippen LogP contribution in [0, 0.1) is 0 Å². The minimum Gasteiger partial charge on any atom is -1.00 e. The first-order valence-electron chi connectivity index (χ1n) is 1.20. The molecule has 0 aromatic rings. The van der Waals surface area contributed by atoms with E-state index in [2.05, 4.69) is 0 Å². The Balaban J connectivity index is -0.00000000750. The average molecular weight is 245 g/mol. The zero-order valence-electron chi connectivity index (χ0n) is 6.12. The third-order valence-electron chi connectivity index (χ3n) is 0. The molecule has 0 radical (unpaired) electrons. The number of carbonyl (C=O) groups excluding carboxylic acids is 1. The van der Waals surface area contributed by atoms with Crippen LogP contribution in [-0.2, 0) is 26.5 Å². The van der Waals surface area contributed by atoms with Gasteiger partial charge in [-0.15, -0.1) is 0 Å². The maximum Gasteiger partial charge on any atom is 2.00 e. The Kier molecular flexibility index (Phi) is 26.2. The molecule has 3 heteroatoms. The molecule has 0 aliphatic rings. The van der Waals surface area contributed by atoms with Gasteiger partial charge >= 0.3 is 48.9 Å². The minimum atomic E-state index is 0. The number of hydrogen-bond donors (Lipinski definition) is 0. The Morgan fingerprint density at radius 1 is 1.50 bits per heavy atom. The molecular weight excluding hydrogens is 237 g/mol. The first-order chi connectivity index (χ1) is 1.73. The van der Waals surface area contributed by atoms with E-state index >= 15 is 0 Å². The van der Waals surface area contributed by atoms with Gasteiger partial charge in [-0.2, -0.15) is 0 Å². The van der Waals surface area contributed by atoms with Crippen molar-refractivity contribution in [3.05, 3.63) is 0 Å². The molecular formula is C3H8BaOTi. The first-order valence-corrected chi connectivity index (χ1v) is 1.20. The predicted octanol–water partition coefficient (Wildman–Crippen LogP) is 0.437.